The molecule has 4 nitrogen and oxygen atoms in total. The van der Waals surface area contributed by atoms with E-state index in [0.29, 0.717) is 0 Å². The monoisotopic (exact) mass is 266 g/mol. The third-order valence-corrected chi connectivity index (χ3v) is 3.04. The summed E-state index contributed by atoms with van der Waals surface area (Å²) in [7, 11) is 0. The molecule has 0 spiro atoms. The molecule has 1 saturated carbocycles. The fraction of sp³-hybridized carbons (Fsp3) is 0.500. The summed E-state index contributed by atoms with van der Waals surface area (Å²) in [6, 6.07) is 4.54. The van der Waals surface area contributed by atoms with Crippen LogP contribution in [0.3, 0.4) is 0 Å². The number of halogens is 1. The number of anilines is 1. The Morgan fingerprint density at radius 1 is 1.42 bits per heavy atom. The molecular weight excluding hydrogens is 247 g/mol. The minimum absolute atomic E-state index is 0.0924. The Kier molecular flexibility index (Phi) is 3.16. The molecule has 0 aromatic heterocycles. The number of benzene rings is 1. The van der Waals surface area contributed by atoms with Crippen molar-refractivity contribution in [3.05, 3.63) is 29.6 Å². The van der Waals surface area contributed by atoms with E-state index in [-0.39, 0.29) is 5.69 Å². The van der Waals surface area contributed by atoms with Gasteiger partial charge in [-0.25, -0.2) is 9.18 Å². The van der Waals surface area contributed by atoms with Crippen LogP contribution in [0.4, 0.5) is 14.9 Å². The van der Waals surface area contributed by atoms with Crippen molar-refractivity contribution in [2.24, 2.45) is 0 Å². The molecule has 1 aliphatic carbocycles. The Hall–Kier alpha value is -1.78. The van der Waals surface area contributed by atoms with E-state index < -0.39 is 23.1 Å². The fourth-order valence-corrected chi connectivity index (χ4v) is 1.95. The highest BCUT2D eigenvalue weighted by molar-refractivity contribution is 5.70. The number of carbonyl (C=O) groups is 1. The van der Waals surface area contributed by atoms with Crippen LogP contribution in [0.15, 0.2) is 18.2 Å². The summed E-state index contributed by atoms with van der Waals surface area (Å²) >= 11 is 0. The highest BCUT2D eigenvalue weighted by Gasteiger charge is 2.46. The van der Waals surface area contributed by atoms with E-state index in [4.69, 9.17) is 10.5 Å². The van der Waals surface area contributed by atoms with Gasteiger partial charge in [-0.1, -0.05) is 6.07 Å². The van der Waals surface area contributed by atoms with Gasteiger partial charge < -0.3 is 15.8 Å². The van der Waals surface area contributed by atoms with E-state index in [1.54, 1.807) is 12.1 Å². The van der Waals surface area contributed by atoms with Gasteiger partial charge in [0, 0.05) is 0 Å². The van der Waals surface area contributed by atoms with Gasteiger partial charge in [0.05, 0.1) is 11.2 Å². The van der Waals surface area contributed by atoms with E-state index in [1.807, 2.05) is 20.8 Å². The van der Waals surface area contributed by atoms with E-state index in [2.05, 4.69) is 5.32 Å². The molecule has 0 heterocycles. The Bertz CT molecular complexity index is 505. The lowest BCUT2D eigenvalue weighted by molar-refractivity contribution is 0.0495. The van der Waals surface area contributed by atoms with Crippen LogP contribution in [-0.2, 0) is 10.3 Å². The van der Waals surface area contributed by atoms with Crippen LogP contribution in [0.1, 0.15) is 39.2 Å². The second-order valence-electron chi connectivity index (χ2n) is 5.95. The predicted octanol–water partition coefficient (Wildman–Crippen LogP) is 2.92. The number of nitrogen functional groups attached to an aromatic ring is 1. The van der Waals surface area contributed by atoms with E-state index in [0.717, 1.165) is 18.4 Å². The third-order valence-electron chi connectivity index (χ3n) is 3.04. The number of rotatable bonds is 2. The average Bonchev–Trinajstić information content (AvgIpc) is 3.00. The zero-order valence-corrected chi connectivity index (χ0v) is 11.4. The molecule has 0 radical (unpaired) electrons. The molecular formula is C14H19FN2O2. The quantitative estimate of drug-likeness (QED) is 0.809. The summed E-state index contributed by atoms with van der Waals surface area (Å²) in [5.74, 6) is -0.447. The Morgan fingerprint density at radius 2 is 2.05 bits per heavy atom. The zero-order valence-electron chi connectivity index (χ0n) is 11.4. The molecule has 0 saturated heterocycles. The molecule has 0 atom stereocenters. The molecule has 0 unspecified atom stereocenters. The first kappa shape index (κ1) is 13.6. The Labute approximate surface area is 112 Å². The standard InChI is InChI=1S/C14H19FN2O2/c1-13(2,3)19-12(18)17-14(6-7-14)9-4-5-10(15)11(16)8-9/h4-5,8H,6-7,16H2,1-3H3,(H,17,18). The van der Waals surface area contributed by atoms with Gasteiger partial charge in [-0.15, -0.1) is 0 Å². The SMILES string of the molecule is CC(C)(C)OC(=O)NC1(c2ccc(F)c(N)c2)CC1. The smallest absolute Gasteiger partial charge is 0.408 e. The highest BCUT2D eigenvalue weighted by Crippen LogP contribution is 2.46. The number of hydrogen-bond acceptors (Lipinski definition) is 3. The van der Waals surface area contributed by atoms with Crippen molar-refractivity contribution in [1.29, 1.82) is 0 Å². The summed E-state index contributed by atoms with van der Waals surface area (Å²) in [4.78, 5) is 11.8. The van der Waals surface area contributed by atoms with Gasteiger partial charge in [-0.3, -0.25) is 0 Å². The zero-order chi connectivity index (χ0) is 14.3. The number of carbonyl (C=O) groups excluding carboxylic acids is 1. The number of hydrogen-bond donors (Lipinski definition) is 2. The van der Waals surface area contributed by atoms with Crippen LogP contribution in [0, 0.1) is 5.82 Å². The largest absolute Gasteiger partial charge is 0.444 e. The van der Waals surface area contributed by atoms with Gasteiger partial charge in [-0.2, -0.15) is 0 Å². The topological polar surface area (TPSA) is 64.3 Å². The Morgan fingerprint density at radius 3 is 2.53 bits per heavy atom. The maximum atomic E-state index is 13.2. The second kappa shape index (κ2) is 4.40. The first-order chi connectivity index (χ1) is 8.72. The van der Waals surface area contributed by atoms with Gasteiger partial charge in [0.25, 0.3) is 0 Å². The highest BCUT2D eigenvalue weighted by atomic mass is 19.1. The lowest BCUT2D eigenvalue weighted by atomic mass is 10.0. The van der Waals surface area contributed by atoms with Crippen molar-refractivity contribution in [3.8, 4) is 0 Å². The normalized spacial score (nSPS) is 16.8. The van der Waals surface area contributed by atoms with Gasteiger partial charge in [0.1, 0.15) is 11.4 Å². The summed E-state index contributed by atoms with van der Waals surface area (Å²) in [5.41, 5.74) is 5.47. The first-order valence-electron chi connectivity index (χ1n) is 6.29. The van der Waals surface area contributed by atoms with Crippen LogP contribution in [-0.4, -0.2) is 11.7 Å². The summed E-state index contributed by atoms with van der Waals surface area (Å²) < 4.78 is 18.4. The molecule has 1 aromatic carbocycles. The van der Waals surface area contributed by atoms with Crippen molar-refractivity contribution in [2.75, 3.05) is 5.73 Å². The maximum Gasteiger partial charge on any atom is 0.408 e. The van der Waals surface area contributed by atoms with Crippen molar-refractivity contribution in [3.63, 3.8) is 0 Å². The summed E-state index contributed by atoms with van der Waals surface area (Å²) in [5, 5.41) is 2.85. The van der Waals surface area contributed by atoms with E-state index >= 15 is 0 Å². The molecule has 0 aliphatic heterocycles. The van der Waals surface area contributed by atoms with Crippen LogP contribution in [0.5, 0.6) is 0 Å². The number of amides is 1. The van der Waals surface area contributed by atoms with Crippen molar-refractivity contribution < 1.29 is 13.9 Å². The first-order valence-corrected chi connectivity index (χ1v) is 6.29. The van der Waals surface area contributed by atoms with Crippen LogP contribution in [0.25, 0.3) is 0 Å². The molecule has 1 aliphatic rings. The average molecular weight is 266 g/mol. The third kappa shape index (κ3) is 3.16. The number of alkyl carbamates (subject to hydrolysis) is 1. The van der Waals surface area contributed by atoms with Crippen LogP contribution < -0.4 is 11.1 Å². The van der Waals surface area contributed by atoms with Gasteiger partial charge >= 0.3 is 6.09 Å². The minimum atomic E-state index is -0.540. The van der Waals surface area contributed by atoms with E-state index in [1.165, 1.54) is 6.07 Å². The Balaban J connectivity index is 2.11. The molecule has 0 bridgehead atoms. The van der Waals surface area contributed by atoms with Crippen LogP contribution in [0.2, 0.25) is 0 Å². The summed E-state index contributed by atoms with van der Waals surface area (Å²) in [6.07, 6.45) is 1.14. The van der Waals surface area contributed by atoms with Crippen molar-refractivity contribution >= 4 is 11.8 Å². The molecule has 1 aromatic rings. The van der Waals surface area contributed by atoms with Crippen molar-refractivity contribution in [1.82, 2.24) is 5.32 Å². The molecule has 3 N–H and O–H groups in total. The number of nitrogens with one attached hydrogen (secondary N) is 1. The molecule has 19 heavy (non-hydrogen) atoms. The van der Waals surface area contributed by atoms with Gasteiger partial charge in [-0.05, 0) is 51.3 Å². The molecule has 1 fully saturated rings. The lowest BCUT2D eigenvalue weighted by Gasteiger charge is -2.23. The number of nitrogens with two attached hydrogens (primary N) is 1. The predicted molar refractivity (Wildman–Crippen MR) is 71.1 cm³/mol. The fourth-order valence-electron chi connectivity index (χ4n) is 1.95. The second-order valence-corrected chi connectivity index (χ2v) is 5.95. The van der Waals surface area contributed by atoms with E-state index in [9.17, 15) is 9.18 Å². The van der Waals surface area contributed by atoms with Crippen molar-refractivity contribution in [2.45, 2.75) is 44.8 Å². The lowest BCUT2D eigenvalue weighted by Crippen LogP contribution is -2.39. The maximum absolute atomic E-state index is 13.2. The molecule has 2 rings (SSSR count). The van der Waals surface area contributed by atoms with Crippen LogP contribution >= 0.6 is 0 Å². The number of ether oxygens (including phenoxy) is 1. The molecule has 104 valence electrons. The van der Waals surface area contributed by atoms with Gasteiger partial charge in [0.15, 0.2) is 0 Å². The summed E-state index contributed by atoms with van der Waals surface area (Å²) in [6.45, 7) is 5.42. The molecule has 1 amide bonds. The van der Waals surface area contributed by atoms with Gasteiger partial charge in [0.2, 0.25) is 0 Å². The molecule has 5 heteroatoms. The minimum Gasteiger partial charge on any atom is -0.444 e.